The van der Waals surface area contributed by atoms with Crippen LogP contribution < -0.4 is 4.74 Å². The number of hydrogen-bond donors (Lipinski definition) is 3. The van der Waals surface area contributed by atoms with Gasteiger partial charge >= 0.3 is 0 Å². The van der Waals surface area contributed by atoms with E-state index < -0.39 is 24.9 Å². The number of aliphatic hydroxyl groups excluding tert-OH is 3. The Kier molecular flexibility index (Phi) is 9.99. The molecule has 0 heterocycles. The number of unbranched alkanes of at least 4 members (excludes halogenated alkanes) is 6. The predicted octanol–water partition coefficient (Wildman–Crippen LogP) is 3.46. The van der Waals surface area contributed by atoms with Crippen molar-refractivity contribution < 1.29 is 20.1 Å². The summed E-state index contributed by atoms with van der Waals surface area (Å²) in [6, 6.07) is 7.68. The van der Waals surface area contributed by atoms with Gasteiger partial charge in [-0.1, -0.05) is 57.6 Å². The SMILES string of the molecule is CCCCCCCCCc1ccc(OC(CO)(CO)C(C)O)cc1. The fourth-order valence-corrected chi connectivity index (χ4v) is 2.71. The summed E-state index contributed by atoms with van der Waals surface area (Å²) in [5, 5.41) is 28.6. The van der Waals surface area contributed by atoms with Crippen molar-refractivity contribution in [3.05, 3.63) is 29.8 Å². The monoisotopic (exact) mass is 338 g/mol. The largest absolute Gasteiger partial charge is 0.480 e. The zero-order valence-electron chi connectivity index (χ0n) is 15.2. The van der Waals surface area contributed by atoms with Crippen LogP contribution in [0.2, 0.25) is 0 Å². The van der Waals surface area contributed by atoms with E-state index in [0.717, 1.165) is 6.42 Å². The van der Waals surface area contributed by atoms with E-state index in [1.807, 2.05) is 24.3 Å². The standard InChI is InChI=1S/C20H34O4/c1-3-4-5-6-7-8-9-10-18-11-13-19(14-12-18)24-20(15-21,16-22)17(2)23/h11-14,17,21-23H,3-10,15-16H2,1-2H3. The number of benzene rings is 1. The van der Waals surface area contributed by atoms with Crippen LogP contribution in [0.1, 0.15) is 64.4 Å². The molecule has 0 aromatic heterocycles. The second kappa shape index (κ2) is 11.5. The maximum Gasteiger partial charge on any atom is 0.180 e. The van der Waals surface area contributed by atoms with Gasteiger partial charge in [-0.3, -0.25) is 0 Å². The third kappa shape index (κ3) is 6.80. The Balaban J connectivity index is 2.40. The lowest BCUT2D eigenvalue weighted by atomic mass is 9.99. The van der Waals surface area contributed by atoms with Crippen LogP contribution in [0.5, 0.6) is 5.75 Å². The summed E-state index contributed by atoms with van der Waals surface area (Å²) < 4.78 is 5.65. The molecule has 1 aromatic rings. The Morgan fingerprint density at radius 3 is 1.96 bits per heavy atom. The average Bonchev–Trinajstić information content (AvgIpc) is 2.60. The van der Waals surface area contributed by atoms with E-state index in [9.17, 15) is 15.3 Å². The van der Waals surface area contributed by atoms with Crippen molar-refractivity contribution in [2.75, 3.05) is 13.2 Å². The van der Waals surface area contributed by atoms with Gasteiger partial charge in [-0.15, -0.1) is 0 Å². The van der Waals surface area contributed by atoms with Crippen molar-refractivity contribution in [3.63, 3.8) is 0 Å². The van der Waals surface area contributed by atoms with Crippen LogP contribution in [-0.4, -0.2) is 40.2 Å². The Labute approximate surface area is 146 Å². The fourth-order valence-electron chi connectivity index (χ4n) is 2.71. The molecule has 0 bridgehead atoms. The number of ether oxygens (including phenoxy) is 1. The summed E-state index contributed by atoms with van der Waals surface area (Å²) in [7, 11) is 0. The highest BCUT2D eigenvalue weighted by Gasteiger charge is 2.36. The maximum atomic E-state index is 9.75. The van der Waals surface area contributed by atoms with Crippen molar-refractivity contribution in [1.29, 1.82) is 0 Å². The molecule has 1 atom stereocenters. The van der Waals surface area contributed by atoms with Gasteiger partial charge in [0.05, 0.1) is 19.3 Å². The van der Waals surface area contributed by atoms with E-state index in [1.165, 1.54) is 57.4 Å². The summed E-state index contributed by atoms with van der Waals surface area (Å²) in [6.07, 6.45) is 9.17. The van der Waals surface area contributed by atoms with Gasteiger partial charge in [0.2, 0.25) is 0 Å². The average molecular weight is 338 g/mol. The minimum absolute atomic E-state index is 0.444. The first-order valence-electron chi connectivity index (χ1n) is 9.25. The third-order valence-electron chi connectivity index (χ3n) is 4.61. The second-order valence-electron chi connectivity index (χ2n) is 6.67. The molecule has 4 nitrogen and oxygen atoms in total. The van der Waals surface area contributed by atoms with Crippen molar-refractivity contribution >= 4 is 0 Å². The Morgan fingerprint density at radius 1 is 0.917 bits per heavy atom. The highest BCUT2D eigenvalue weighted by atomic mass is 16.5. The molecule has 0 aliphatic rings. The summed E-state index contributed by atoms with van der Waals surface area (Å²) in [6.45, 7) is 2.85. The molecule has 0 spiro atoms. The minimum Gasteiger partial charge on any atom is -0.480 e. The first-order chi connectivity index (χ1) is 11.6. The Morgan fingerprint density at radius 2 is 1.46 bits per heavy atom. The molecule has 138 valence electrons. The van der Waals surface area contributed by atoms with Crippen molar-refractivity contribution in [2.45, 2.75) is 76.9 Å². The molecule has 1 aromatic carbocycles. The zero-order valence-corrected chi connectivity index (χ0v) is 15.2. The second-order valence-corrected chi connectivity index (χ2v) is 6.67. The van der Waals surface area contributed by atoms with Gasteiger partial charge in [-0.05, 0) is 37.5 Å². The van der Waals surface area contributed by atoms with Gasteiger partial charge in [0.25, 0.3) is 0 Å². The first kappa shape index (κ1) is 20.9. The summed E-state index contributed by atoms with van der Waals surface area (Å²) in [4.78, 5) is 0. The molecule has 1 unspecified atom stereocenters. The highest BCUT2D eigenvalue weighted by Crippen LogP contribution is 2.22. The van der Waals surface area contributed by atoms with Crippen LogP contribution >= 0.6 is 0 Å². The molecule has 0 aliphatic heterocycles. The van der Waals surface area contributed by atoms with Gasteiger partial charge in [-0.25, -0.2) is 0 Å². The van der Waals surface area contributed by atoms with E-state index in [1.54, 1.807) is 0 Å². The number of rotatable bonds is 13. The fraction of sp³-hybridized carbons (Fsp3) is 0.700. The van der Waals surface area contributed by atoms with Gasteiger partial charge in [0.1, 0.15) is 5.75 Å². The predicted molar refractivity (Wildman–Crippen MR) is 97.4 cm³/mol. The lowest BCUT2D eigenvalue weighted by Crippen LogP contribution is -2.52. The van der Waals surface area contributed by atoms with E-state index in [0.29, 0.717) is 5.75 Å². The van der Waals surface area contributed by atoms with Crippen LogP contribution in [0.25, 0.3) is 0 Å². The van der Waals surface area contributed by atoms with Crippen molar-refractivity contribution in [2.24, 2.45) is 0 Å². The smallest absolute Gasteiger partial charge is 0.180 e. The maximum absolute atomic E-state index is 9.75. The third-order valence-corrected chi connectivity index (χ3v) is 4.61. The van der Waals surface area contributed by atoms with Crippen LogP contribution in [-0.2, 0) is 6.42 Å². The number of aryl methyl sites for hydroxylation is 1. The van der Waals surface area contributed by atoms with Crippen LogP contribution in [0.3, 0.4) is 0 Å². The van der Waals surface area contributed by atoms with E-state index >= 15 is 0 Å². The molecule has 0 aliphatic carbocycles. The molecule has 0 saturated heterocycles. The van der Waals surface area contributed by atoms with Gasteiger partial charge < -0.3 is 20.1 Å². The molecule has 4 heteroatoms. The molecule has 0 radical (unpaired) electrons. The Hall–Kier alpha value is -1.10. The molecule has 1 rings (SSSR count). The van der Waals surface area contributed by atoms with Crippen LogP contribution in [0.4, 0.5) is 0 Å². The number of hydrogen-bond acceptors (Lipinski definition) is 4. The molecular formula is C20H34O4. The van der Waals surface area contributed by atoms with Crippen molar-refractivity contribution in [1.82, 2.24) is 0 Å². The van der Waals surface area contributed by atoms with E-state index in [-0.39, 0.29) is 0 Å². The van der Waals surface area contributed by atoms with Crippen LogP contribution in [0, 0.1) is 0 Å². The van der Waals surface area contributed by atoms with E-state index in [2.05, 4.69) is 6.92 Å². The lowest BCUT2D eigenvalue weighted by molar-refractivity contribution is -0.106. The lowest BCUT2D eigenvalue weighted by Gasteiger charge is -2.33. The highest BCUT2D eigenvalue weighted by molar-refractivity contribution is 5.28. The normalized spacial score (nSPS) is 13.0. The topological polar surface area (TPSA) is 69.9 Å². The van der Waals surface area contributed by atoms with Crippen molar-refractivity contribution in [3.8, 4) is 5.75 Å². The van der Waals surface area contributed by atoms with Gasteiger partial charge in [-0.2, -0.15) is 0 Å². The molecule has 0 amide bonds. The first-order valence-corrected chi connectivity index (χ1v) is 9.25. The molecule has 0 fully saturated rings. The summed E-state index contributed by atoms with van der Waals surface area (Å²) in [5.74, 6) is 0.544. The van der Waals surface area contributed by atoms with Gasteiger partial charge in [0.15, 0.2) is 5.60 Å². The summed E-state index contributed by atoms with van der Waals surface area (Å²) in [5.41, 5.74) is -0.105. The zero-order chi connectivity index (χ0) is 17.8. The molecular weight excluding hydrogens is 304 g/mol. The Bertz CT molecular complexity index is 424. The molecule has 3 N–H and O–H groups in total. The summed E-state index contributed by atoms with van der Waals surface area (Å²) >= 11 is 0. The van der Waals surface area contributed by atoms with Gasteiger partial charge in [0, 0.05) is 0 Å². The molecule has 24 heavy (non-hydrogen) atoms. The quantitative estimate of drug-likeness (QED) is 0.482. The molecule has 0 saturated carbocycles. The number of aliphatic hydroxyl groups is 3. The minimum atomic E-state index is -1.36. The van der Waals surface area contributed by atoms with Crippen LogP contribution in [0.15, 0.2) is 24.3 Å². The van der Waals surface area contributed by atoms with E-state index in [4.69, 9.17) is 4.74 Å².